The standard InChI is InChI=1S/C19H30N2O3S/c1-19(2,3)25(23,24)14-16-5-4-6-17(13-16)21-18(22)8-7-15-9-11-20-12-10-15/h4-6,13,15,20H,7-12,14H2,1-3H3,(H,21,22). The van der Waals surface area contributed by atoms with Gasteiger partial charge in [-0.05, 0) is 76.7 Å². The van der Waals surface area contributed by atoms with Crippen molar-refractivity contribution in [3.63, 3.8) is 0 Å². The Bertz CT molecular complexity index is 687. The molecule has 25 heavy (non-hydrogen) atoms. The summed E-state index contributed by atoms with van der Waals surface area (Å²) in [6.07, 6.45) is 3.68. The van der Waals surface area contributed by atoms with E-state index in [-0.39, 0.29) is 11.7 Å². The van der Waals surface area contributed by atoms with Crippen molar-refractivity contribution in [3.8, 4) is 0 Å². The lowest BCUT2D eigenvalue weighted by Crippen LogP contribution is -2.29. The van der Waals surface area contributed by atoms with Crippen LogP contribution in [0.5, 0.6) is 0 Å². The van der Waals surface area contributed by atoms with Crippen LogP contribution in [-0.4, -0.2) is 32.2 Å². The average Bonchev–Trinajstić information content (AvgIpc) is 2.53. The molecular formula is C19H30N2O3S. The van der Waals surface area contributed by atoms with Crippen LogP contribution in [0.25, 0.3) is 0 Å². The highest BCUT2D eigenvalue weighted by Crippen LogP contribution is 2.22. The molecule has 2 N–H and O–H groups in total. The molecule has 0 aromatic heterocycles. The number of sulfone groups is 1. The van der Waals surface area contributed by atoms with Crippen molar-refractivity contribution in [2.75, 3.05) is 18.4 Å². The molecule has 1 saturated heterocycles. The van der Waals surface area contributed by atoms with Gasteiger partial charge in [-0.15, -0.1) is 0 Å². The summed E-state index contributed by atoms with van der Waals surface area (Å²) >= 11 is 0. The van der Waals surface area contributed by atoms with E-state index in [0.29, 0.717) is 23.6 Å². The Labute approximate surface area is 151 Å². The first-order chi connectivity index (χ1) is 11.7. The fourth-order valence-corrected chi connectivity index (χ4v) is 3.96. The van der Waals surface area contributed by atoms with Crippen molar-refractivity contribution in [2.45, 2.75) is 57.0 Å². The number of amides is 1. The topological polar surface area (TPSA) is 75.3 Å². The molecule has 0 bridgehead atoms. The van der Waals surface area contributed by atoms with Gasteiger partial charge >= 0.3 is 0 Å². The molecule has 0 atom stereocenters. The van der Waals surface area contributed by atoms with Crippen LogP contribution in [0.4, 0.5) is 5.69 Å². The highest BCUT2D eigenvalue weighted by molar-refractivity contribution is 7.91. The summed E-state index contributed by atoms with van der Waals surface area (Å²) in [5.74, 6) is 0.597. The van der Waals surface area contributed by atoms with Gasteiger partial charge < -0.3 is 10.6 Å². The van der Waals surface area contributed by atoms with E-state index in [2.05, 4.69) is 10.6 Å². The predicted molar refractivity (Wildman–Crippen MR) is 102 cm³/mol. The number of benzene rings is 1. The first-order valence-electron chi connectivity index (χ1n) is 8.99. The molecule has 0 aliphatic carbocycles. The molecule has 140 valence electrons. The summed E-state index contributed by atoms with van der Waals surface area (Å²) in [6.45, 7) is 7.19. The van der Waals surface area contributed by atoms with Gasteiger partial charge in [0.05, 0.1) is 10.5 Å². The Hall–Kier alpha value is -1.40. The molecule has 1 amide bonds. The summed E-state index contributed by atoms with van der Waals surface area (Å²) in [5.41, 5.74) is 1.36. The van der Waals surface area contributed by atoms with Crippen molar-refractivity contribution < 1.29 is 13.2 Å². The lowest BCUT2D eigenvalue weighted by molar-refractivity contribution is -0.116. The lowest BCUT2D eigenvalue weighted by Gasteiger charge is -2.22. The minimum Gasteiger partial charge on any atom is -0.326 e. The van der Waals surface area contributed by atoms with Crippen LogP contribution in [0, 0.1) is 5.92 Å². The largest absolute Gasteiger partial charge is 0.326 e. The summed E-state index contributed by atoms with van der Waals surface area (Å²) in [5, 5.41) is 6.22. The van der Waals surface area contributed by atoms with Gasteiger partial charge in [0.15, 0.2) is 9.84 Å². The zero-order chi connectivity index (χ0) is 18.5. The molecule has 2 rings (SSSR count). The SMILES string of the molecule is CC(C)(C)S(=O)(=O)Cc1cccc(NC(=O)CCC2CCNCC2)c1. The summed E-state index contributed by atoms with van der Waals surface area (Å²) in [6, 6.07) is 7.13. The first kappa shape index (κ1) is 19.9. The maximum Gasteiger partial charge on any atom is 0.224 e. The fraction of sp³-hybridized carbons (Fsp3) is 0.632. The first-order valence-corrected chi connectivity index (χ1v) is 10.6. The molecule has 1 aromatic rings. The van der Waals surface area contributed by atoms with Crippen molar-refractivity contribution >= 4 is 21.4 Å². The van der Waals surface area contributed by atoms with Crippen molar-refractivity contribution in [2.24, 2.45) is 5.92 Å². The number of carbonyl (C=O) groups excluding carboxylic acids is 1. The van der Waals surface area contributed by atoms with E-state index in [0.717, 1.165) is 32.4 Å². The van der Waals surface area contributed by atoms with Gasteiger partial charge in [-0.25, -0.2) is 8.42 Å². The van der Waals surface area contributed by atoms with E-state index in [1.54, 1.807) is 45.0 Å². The molecule has 1 fully saturated rings. The Morgan fingerprint density at radius 1 is 1.24 bits per heavy atom. The molecule has 1 aliphatic heterocycles. The lowest BCUT2D eigenvalue weighted by atomic mass is 9.93. The summed E-state index contributed by atoms with van der Waals surface area (Å²) in [4.78, 5) is 12.2. The number of rotatable bonds is 6. The van der Waals surface area contributed by atoms with Crippen LogP contribution in [0.15, 0.2) is 24.3 Å². The van der Waals surface area contributed by atoms with E-state index in [1.807, 2.05) is 0 Å². The number of hydrogen-bond donors (Lipinski definition) is 2. The van der Waals surface area contributed by atoms with Gasteiger partial charge in [0, 0.05) is 12.1 Å². The Morgan fingerprint density at radius 3 is 2.56 bits per heavy atom. The van der Waals surface area contributed by atoms with Crippen LogP contribution in [0.3, 0.4) is 0 Å². The van der Waals surface area contributed by atoms with Crippen molar-refractivity contribution in [1.29, 1.82) is 0 Å². The number of anilines is 1. The molecule has 0 unspecified atom stereocenters. The molecule has 0 saturated carbocycles. The number of carbonyl (C=O) groups is 1. The van der Waals surface area contributed by atoms with E-state index in [4.69, 9.17) is 0 Å². The second-order valence-corrected chi connectivity index (χ2v) is 10.6. The third-order valence-electron chi connectivity index (χ3n) is 4.74. The van der Waals surface area contributed by atoms with Gasteiger partial charge in [0.2, 0.25) is 5.91 Å². The van der Waals surface area contributed by atoms with Gasteiger partial charge in [-0.3, -0.25) is 4.79 Å². The van der Waals surface area contributed by atoms with Crippen LogP contribution in [0.1, 0.15) is 52.0 Å². The van der Waals surface area contributed by atoms with Crippen LogP contribution >= 0.6 is 0 Å². The maximum atomic E-state index is 12.3. The van der Waals surface area contributed by atoms with Gasteiger partial charge in [-0.1, -0.05) is 12.1 Å². The quantitative estimate of drug-likeness (QED) is 0.811. The predicted octanol–water partition coefficient (Wildman–Crippen LogP) is 3.12. The van der Waals surface area contributed by atoms with Crippen molar-refractivity contribution in [3.05, 3.63) is 29.8 Å². The highest BCUT2D eigenvalue weighted by Gasteiger charge is 2.29. The molecule has 1 aliphatic rings. The Kier molecular flexibility index (Phi) is 6.63. The van der Waals surface area contributed by atoms with E-state index in [1.165, 1.54) is 0 Å². The Morgan fingerprint density at radius 2 is 1.92 bits per heavy atom. The van der Waals surface area contributed by atoms with Crippen molar-refractivity contribution in [1.82, 2.24) is 5.32 Å². The van der Waals surface area contributed by atoms with Crippen LogP contribution in [0.2, 0.25) is 0 Å². The molecule has 5 nitrogen and oxygen atoms in total. The number of hydrogen-bond acceptors (Lipinski definition) is 4. The van der Waals surface area contributed by atoms with E-state index in [9.17, 15) is 13.2 Å². The second kappa shape index (κ2) is 8.32. The highest BCUT2D eigenvalue weighted by atomic mass is 32.2. The van der Waals surface area contributed by atoms with Gasteiger partial charge in [0.1, 0.15) is 0 Å². The molecular weight excluding hydrogens is 336 g/mol. The minimum atomic E-state index is -3.24. The fourth-order valence-electron chi connectivity index (χ4n) is 2.90. The van der Waals surface area contributed by atoms with E-state index < -0.39 is 14.6 Å². The average molecular weight is 367 g/mol. The molecule has 6 heteroatoms. The third-order valence-corrected chi connectivity index (χ3v) is 7.32. The molecule has 0 radical (unpaired) electrons. The van der Waals surface area contributed by atoms with Crippen LogP contribution in [-0.2, 0) is 20.4 Å². The zero-order valence-corrected chi connectivity index (χ0v) is 16.3. The Balaban J connectivity index is 1.91. The zero-order valence-electron chi connectivity index (χ0n) is 15.5. The second-order valence-electron chi connectivity index (χ2n) is 7.85. The minimum absolute atomic E-state index is 0.00522. The number of piperidine rings is 1. The normalized spacial score (nSPS) is 16.6. The van der Waals surface area contributed by atoms with Gasteiger partial charge in [-0.2, -0.15) is 0 Å². The smallest absolute Gasteiger partial charge is 0.224 e. The van der Waals surface area contributed by atoms with Crippen LogP contribution < -0.4 is 10.6 Å². The maximum absolute atomic E-state index is 12.3. The van der Waals surface area contributed by atoms with Gasteiger partial charge in [0.25, 0.3) is 0 Å². The monoisotopic (exact) mass is 366 g/mol. The summed E-state index contributed by atoms with van der Waals surface area (Å²) in [7, 11) is -3.24. The molecule has 0 spiro atoms. The molecule has 1 heterocycles. The third kappa shape index (κ3) is 6.12. The summed E-state index contributed by atoms with van der Waals surface area (Å²) < 4.78 is 23.9. The van der Waals surface area contributed by atoms with E-state index >= 15 is 0 Å². The number of nitrogens with one attached hydrogen (secondary N) is 2. The molecule has 1 aromatic carbocycles.